The molecule has 28 heavy (non-hydrogen) atoms. The Morgan fingerprint density at radius 1 is 1.11 bits per heavy atom. The van der Waals surface area contributed by atoms with Gasteiger partial charge in [0.2, 0.25) is 0 Å². The molecule has 4 aromatic rings. The van der Waals surface area contributed by atoms with Crippen molar-refractivity contribution in [3.63, 3.8) is 0 Å². The van der Waals surface area contributed by atoms with E-state index in [1.54, 1.807) is 22.7 Å². The fraction of sp³-hybridized carbons (Fsp3) is 0.286. The average Bonchev–Trinajstić information content (AvgIpc) is 3.41. The molecule has 0 bridgehead atoms. The fourth-order valence-corrected chi connectivity index (χ4v) is 4.64. The normalized spacial score (nSPS) is 11.1. The van der Waals surface area contributed by atoms with Gasteiger partial charge in [-0.15, -0.1) is 0 Å². The second-order valence-corrected chi connectivity index (χ2v) is 8.54. The summed E-state index contributed by atoms with van der Waals surface area (Å²) in [5.41, 5.74) is 5.51. The van der Waals surface area contributed by atoms with Crippen molar-refractivity contribution in [2.45, 2.75) is 39.8 Å². The van der Waals surface area contributed by atoms with Crippen molar-refractivity contribution in [2.75, 3.05) is 5.32 Å². The van der Waals surface area contributed by atoms with E-state index in [1.165, 1.54) is 5.56 Å². The summed E-state index contributed by atoms with van der Waals surface area (Å²) in [6.07, 6.45) is 4.04. The fourth-order valence-electron chi connectivity index (χ4n) is 3.05. The molecule has 5 nitrogen and oxygen atoms in total. The molecule has 0 aliphatic carbocycles. The molecule has 4 heterocycles. The van der Waals surface area contributed by atoms with E-state index in [2.05, 4.69) is 56.5 Å². The highest BCUT2D eigenvalue weighted by Crippen LogP contribution is 2.31. The van der Waals surface area contributed by atoms with Crippen molar-refractivity contribution < 1.29 is 0 Å². The van der Waals surface area contributed by atoms with Crippen LogP contribution in [0.3, 0.4) is 0 Å². The molecule has 0 aliphatic heterocycles. The van der Waals surface area contributed by atoms with E-state index >= 15 is 0 Å². The van der Waals surface area contributed by atoms with Crippen molar-refractivity contribution in [1.82, 2.24) is 19.7 Å². The third-order valence-electron chi connectivity index (χ3n) is 4.46. The lowest BCUT2D eigenvalue weighted by atomic mass is 10.2. The second-order valence-electron chi connectivity index (χ2n) is 6.76. The van der Waals surface area contributed by atoms with Crippen molar-refractivity contribution in [2.24, 2.45) is 0 Å². The Kier molecular flexibility index (Phi) is 5.83. The monoisotopic (exact) mass is 409 g/mol. The lowest BCUT2D eigenvalue weighted by Gasteiger charge is -2.03. The van der Waals surface area contributed by atoms with Gasteiger partial charge >= 0.3 is 0 Å². The van der Waals surface area contributed by atoms with Gasteiger partial charge < -0.3 is 5.32 Å². The minimum Gasteiger partial charge on any atom is -0.357 e. The van der Waals surface area contributed by atoms with Gasteiger partial charge in [0, 0.05) is 30.7 Å². The van der Waals surface area contributed by atoms with Crippen LogP contribution >= 0.6 is 22.7 Å². The molecular formula is C21H23N5S2. The largest absolute Gasteiger partial charge is 0.357 e. The molecule has 0 spiro atoms. The molecule has 0 fully saturated rings. The molecule has 0 amide bonds. The van der Waals surface area contributed by atoms with Gasteiger partial charge in [-0.05, 0) is 67.3 Å². The number of anilines is 1. The highest BCUT2D eigenvalue weighted by atomic mass is 32.1. The number of nitrogens with one attached hydrogen (secondary N) is 1. The van der Waals surface area contributed by atoms with Crippen LogP contribution in [0.2, 0.25) is 0 Å². The van der Waals surface area contributed by atoms with Gasteiger partial charge in [0.15, 0.2) is 5.13 Å². The maximum Gasteiger partial charge on any atom is 0.183 e. The first kappa shape index (κ1) is 18.8. The first-order valence-electron chi connectivity index (χ1n) is 9.36. The van der Waals surface area contributed by atoms with Crippen LogP contribution in [-0.2, 0) is 19.5 Å². The number of hydrogen-bond acceptors (Lipinski definition) is 6. The van der Waals surface area contributed by atoms with E-state index in [0.717, 1.165) is 58.7 Å². The Morgan fingerprint density at radius 2 is 2.04 bits per heavy atom. The molecule has 0 radical (unpaired) electrons. The van der Waals surface area contributed by atoms with Gasteiger partial charge in [-0.1, -0.05) is 17.4 Å². The summed E-state index contributed by atoms with van der Waals surface area (Å²) in [6.45, 7) is 5.77. The Morgan fingerprint density at radius 3 is 2.86 bits per heavy atom. The van der Waals surface area contributed by atoms with Gasteiger partial charge in [-0.25, -0.2) is 4.98 Å². The van der Waals surface area contributed by atoms with Gasteiger partial charge in [-0.2, -0.15) is 16.4 Å². The predicted molar refractivity (Wildman–Crippen MR) is 117 cm³/mol. The summed E-state index contributed by atoms with van der Waals surface area (Å²) in [7, 11) is 0. The Hall–Kier alpha value is -2.51. The lowest BCUT2D eigenvalue weighted by Crippen LogP contribution is -2.01. The number of nitrogens with zero attached hydrogens (tertiary/aromatic N) is 4. The van der Waals surface area contributed by atoms with Crippen molar-refractivity contribution in [3.05, 3.63) is 69.9 Å². The van der Waals surface area contributed by atoms with Gasteiger partial charge in [0.25, 0.3) is 0 Å². The standard InChI is InChI=1S/C21H23N5S2/c1-15-5-3-6-18(23-15)7-4-10-26-11-8-19(25-26)20-16(2)24-21(28-20)22-13-17-9-12-27-14-17/h3,5-6,8-9,11-12,14H,4,7,10,13H2,1-2H3,(H,22,24). The molecule has 0 saturated carbocycles. The first-order chi connectivity index (χ1) is 13.7. The molecule has 0 atom stereocenters. The molecule has 7 heteroatoms. The quantitative estimate of drug-likeness (QED) is 0.428. The average molecular weight is 410 g/mol. The number of rotatable bonds is 8. The summed E-state index contributed by atoms with van der Waals surface area (Å²) in [5, 5.41) is 13.4. The van der Waals surface area contributed by atoms with Crippen LogP contribution in [0.25, 0.3) is 10.6 Å². The summed E-state index contributed by atoms with van der Waals surface area (Å²) >= 11 is 3.38. The smallest absolute Gasteiger partial charge is 0.183 e. The molecule has 4 rings (SSSR count). The molecule has 0 saturated heterocycles. The SMILES string of the molecule is Cc1cccc(CCCn2ccc(-c3sc(NCc4ccsc4)nc3C)n2)n1. The Balaban J connectivity index is 1.35. The van der Waals surface area contributed by atoms with Gasteiger partial charge in [0.05, 0.1) is 10.6 Å². The zero-order chi connectivity index (χ0) is 19.3. The van der Waals surface area contributed by atoms with Crippen LogP contribution in [0.5, 0.6) is 0 Å². The number of pyridine rings is 1. The maximum absolute atomic E-state index is 4.75. The van der Waals surface area contributed by atoms with Crippen LogP contribution < -0.4 is 5.32 Å². The maximum atomic E-state index is 4.75. The van der Waals surface area contributed by atoms with Crippen molar-refractivity contribution in [1.29, 1.82) is 0 Å². The number of thiazole rings is 1. The minimum absolute atomic E-state index is 0.803. The first-order valence-corrected chi connectivity index (χ1v) is 11.1. The van der Waals surface area contributed by atoms with E-state index < -0.39 is 0 Å². The van der Waals surface area contributed by atoms with Gasteiger partial charge in [0.1, 0.15) is 5.69 Å². The highest BCUT2D eigenvalue weighted by molar-refractivity contribution is 7.19. The van der Waals surface area contributed by atoms with E-state index in [0.29, 0.717) is 0 Å². The topological polar surface area (TPSA) is 55.6 Å². The minimum atomic E-state index is 0.803. The molecule has 0 aromatic carbocycles. The predicted octanol–water partition coefficient (Wildman–Crippen LogP) is 5.32. The van der Waals surface area contributed by atoms with Crippen LogP contribution in [0.15, 0.2) is 47.3 Å². The third kappa shape index (κ3) is 4.66. The van der Waals surface area contributed by atoms with E-state index in [4.69, 9.17) is 5.10 Å². The lowest BCUT2D eigenvalue weighted by molar-refractivity contribution is 0.576. The molecule has 0 unspecified atom stereocenters. The highest BCUT2D eigenvalue weighted by Gasteiger charge is 2.12. The number of thiophene rings is 1. The van der Waals surface area contributed by atoms with E-state index in [9.17, 15) is 0 Å². The van der Waals surface area contributed by atoms with Crippen LogP contribution in [0.1, 0.15) is 29.1 Å². The van der Waals surface area contributed by atoms with Crippen LogP contribution in [-0.4, -0.2) is 19.7 Å². The number of hydrogen-bond donors (Lipinski definition) is 1. The molecule has 144 valence electrons. The summed E-state index contributed by atoms with van der Waals surface area (Å²) in [6, 6.07) is 10.4. The zero-order valence-electron chi connectivity index (χ0n) is 16.1. The molecule has 1 N–H and O–H groups in total. The van der Waals surface area contributed by atoms with Crippen molar-refractivity contribution >= 4 is 27.8 Å². The summed E-state index contributed by atoms with van der Waals surface area (Å²) in [4.78, 5) is 10.4. The molecule has 4 aromatic heterocycles. The van der Waals surface area contributed by atoms with Crippen molar-refractivity contribution in [3.8, 4) is 10.6 Å². The van der Waals surface area contributed by atoms with Crippen LogP contribution in [0.4, 0.5) is 5.13 Å². The Labute approximate surface area is 173 Å². The number of aryl methyl sites for hydroxylation is 4. The van der Waals surface area contributed by atoms with E-state index in [1.807, 2.05) is 24.6 Å². The van der Waals surface area contributed by atoms with E-state index in [-0.39, 0.29) is 0 Å². The number of aromatic nitrogens is 4. The van der Waals surface area contributed by atoms with Crippen LogP contribution in [0, 0.1) is 13.8 Å². The second kappa shape index (κ2) is 8.67. The van der Waals surface area contributed by atoms with Gasteiger partial charge in [-0.3, -0.25) is 9.67 Å². The third-order valence-corrected chi connectivity index (χ3v) is 6.33. The summed E-state index contributed by atoms with van der Waals surface area (Å²) in [5.74, 6) is 0. The molecule has 0 aliphatic rings. The Bertz CT molecular complexity index is 1030. The molecular weight excluding hydrogens is 386 g/mol. The zero-order valence-corrected chi connectivity index (χ0v) is 17.7. The summed E-state index contributed by atoms with van der Waals surface area (Å²) < 4.78 is 2.02.